The molecule has 0 amide bonds. The third kappa shape index (κ3) is 0.472. The van der Waals surface area contributed by atoms with Crippen molar-refractivity contribution in [2.24, 2.45) is 57.6 Å². The number of thioether (sulfide) groups is 1. The molecule has 3 heteroatoms. The summed E-state index contributed by atoms with van der Waals surface area (Å²) in [5.41, 5.74) is 0. The Hall–Kier alpha value is -0.0500. The van der Waals surface area contributed by atoms with Crippen LogP contribution in [0.25, 0.3) is 0 Å². The van der Waals surface area contributed by atoms with E-state index in [4.69, 9.17) is 5.11 Å². The molecule has 0 N–H and O–H groups in total. The first-order valence-electron chi connectivity index (χ1n) is 6.44. The minimum absolute atomic E-state index is 0.324. The lowest BCUT2D eigenvalue weighted by Gasteiger charge is -2.67. The zero-order chi connectivity index (χ0) is 9.36. The van der Waals surface area contributed by atoms with E-state index in [1.807, 2.05) is 0 Å². The molecular formula is C12H14N2S. The van der Waals surface area contributed by atoms with E-state index < -0.39 is 0 Å². The number of nitrogens with zero attached hydrogens (tertiary/aromatic N) is 2. The lowest BCUT2D eigenvalue weighted by Crippen LogP contribution is -2.64. The van der Waals surface area contributed by atoms with E-state index in [-0.39, 0.29) is 0 Å². The molecule has 1 aliphatic heterocycles. The van der Waals surface area contributed by atoms with Crippen molar-refractivity contribution < 1.29 is 0 Å². The third-order valence-corrected chi connectivity index (χ3v) is 8.19. The fourth-order valence-electron chi connectivity index (χ4n) is 6.97. The quantitative estimate of drug-likeness (QED) is 0.613. The van der Waals surface area contributed by atoms with Crippen molar-refractivity contribution in [3.8, 4) is 0 Å². The van der Waals surface area contributed by atoms with Crippen molar-refractivity contribution in [2.45, 2.75) is 17.7 Å². The summed E-state index contributed by atoms with van der Waals surface area (Å²) < 4.78 is 0. The average Bonchev–Trinajstić information content (AvgIpc) is 2.68. The Morgan fingerprint density at radius 2 is 1.93 bits per heavy atom. The largest absolute Gasteiger partial charge is 0.182 e. The van der Waals surface area contributed by atoms with Gasteiger partial charge < -0.3 is 0 Å². The standard InChI is InChI=1S/C12H14N2S/c1-4-2-6-7-5(1)8-9(7)11(6)12(10(4)8)14-13-3-15-12/h4-11H,1-3H2. The van der Waals surface area contributed by atoms with Crippen LogP contribution in [0.5, 0.6) is 0 Å². The van der Waals surface area contributed by atoms with Crippen molar-refractivity contribution >= 4 is 11.8 Å². The topological polar surface area (TPSA) is 24.7 Å². The maximum atomic E-state index is 4.77. The highest BCUT2D eigenvalue weighted by Gasteiger charge is 2.86. The van der Waals surface area contributed by atoms with Crippen molar-refractivity contribution in [3.63, 3.8) is 0 Å². The normalized spacial score (nSPS) is 78.9. The Morgan fingerprint density at radius 3 is 2.80 bits per heavy atom. The summed E-state index contributed by atoms with van der Waals surface area (Å²) in [6.07, 6.45) is 3.14. The van der Waals surface area contributed by atoms with Gasteiger partial charge in [-0.05, 0) is 48.3 Å². The molecule has 6 saturated carbocycles. The van der Waals surface area contributed by atoms with Crippen molar-refractivity contribution in [1.82, 2.24) is 0 Å². The summed E-state index contributed by atoms with van der Waals surface area (Å²) in [4.78, 5) is 0.324. The number of rotatable bonds is 0. The van der Waals surface area contributed by atoms with E-state index in [1.165, 1.54) is 0 Å². The highest BCUT2D eigenvalue weighted by molar-refractivity contribution is 8.00. The van der Waals surface area contributed by atoms with Gasteiger partial charge in [-0.15, -0.1) is 11.8 Å². The van der Waals surface area contributed by atoms with Crippen LogP contribution in [0.1, 0.15) is 12.8 Å². The van der Waals surface area contributed by atoms with Gasteiger partial charge in [0.05, 0.1) is 0 Å². The molecule has 7 rings (SSSR count). The molecule has 6 aliphatic carbocycles. The Bertz CT molecular complexity index is 416. The third-order valence-electron chi connectivity index (χ3n) is 6.86. The molecule has 0 aromatic carbocycles. The van der Waals surface area contributed by atoms with E-state index in [0.717, 1.165) is 53.2 Å². The minimum Gasteiger partial charge on any atom is -0.182 e. The number of azo groups is 1. The molecular weight excluding hydrogens is 204 g/mol. The van der Waals surface area contributed by atoms with Crippen LogP contribution >= 0.6 is 11.8 Å². The summed E-state index contributed by atoms with van der Waals surface area (Å²) >= 11 is 2.11. The average molecular weight is 218 g/mol. The zero-order valence-corrected chi connectivity index (χ0v) is 9.36. The Kier molecular flexibility index (Phi) is 0.882. The van der Waals surface area contributed by atoms with E-state index in [0.29, 0.717) is 4.87 Å². The first kappa shape index (κ1) is 7.31. The van der Waals surface area contributed by atoms with Gasteiger partial charge in [-0.2, -0.15) is 10.2 Å². The minimum atomic E-state index is 0.324. The fourth-order valence-corrected chi connectivity index (χ4v) is 8.47. The van der Waals surface area contributed by atoms with Gasteiger partial charge in [0.2, 0.25) is 0 Å². The van der Waals surface area contributed by atoms with Gasteiger partial charge in [-0.3, -0.25) is 0 Å². The summed E-state index contributed by atoms with van der Waals surface area (Å²) in [6.45, 7) is 0. The van der Waals surface area contributed by atoms with Crippen LogP contribution in [-0.2, 0) is 0 Å². The second kappa shape index (κ2) is 1.81. The predicted molar refractivity (Wildman–Crippen MR) is 57.2 cm³/mol. The van der Waals surface area contributed by atoms with Gasteiger partial charge in [-0.1, -0.05) is 0 Å². The molecule has 5 bridgehead atoms. The molecule has 0 saturated heterocycles. The summed E-state index contributed by atoms with van der Waals surface area (Å²) in [5.74, 6) is 9.56. The molecule has 0 aromatic rings. The van der Waals surface area contributed by atoms with Gasteiger partial charge >= 0.3 is 0 Å². The van der Waals surface area contributed by atoms with Crippen molar-refractivity contribution in [2.75, 3.05) is 5.88 Å². The van der Waals surface area contributed by atoms with Gasteiger partial charge in [0.15, 0.2) is 0 Å². The fraction of sp³-hybridized carbons (Fsp3) is 1.00. The van der Waals surface area contributed by atoms with E-state index in [1.54, 1.807) is 12.8 Å². The molecule has 15 heavy (non-hydrogen) atoms. The van der Waals surface area contributed by atoms with Gasteiger partial charge in [0, 0.05) is 11.8 Å². The summed E-state index contributed by atoms with van der Waals surface area (Å²) in [6, 6.07) is 0. The summed E-state index contributed by atoms with van der Waals surface area (Å²) in [5, 5.41) is 9.12. The summed E-state index contributed by atoms with van der Waals surface area (Å²) in [7, 11) is 0. The second-order valence-electron chi connectivity index (χ2n) is 6.61. The smallest absolute Gasteiger partial charge is 0.135 e. The second-order valence-corrected chi connectivity index (χ2v) is 7.81. The first-order valence-corrected chi connectivity index (χ1v) is 7.43. The van der Waals surface area contributed by atoms with Crippen LogP contribution in [0.2, 0.25) is 0 Å². The molecule has 78 valence electrons. The van der Waals surface area contributed by atoms with Crippen LogP contribution in [-0.4, -0.2) is 10.7 Å². The van der Waals surface area contributed by atoms with Gasteiger partial charge in [-0.25, -0.2) is 0 Å². The molecule has 9 atom stereocenters. The van der Waals surface area contributed by atoms with E-state index >= 15 is 0 Å². The highest BCUT2D eigenvalue weighted by atomic mass is 32.2. The van der Waals surface area contributed by atoms with Crippen molar-refractivity contribution in [1.29, 1.82) is 0 Å². The van der Waals surface area contributed by atoms with Crippen LogP contribution in [0, 0.1) is 47.3 Å². The monoisotopic (exact) mass is 218 g/mol. The van der Waals surface area contributed by atoms with Gasteiger partial charge in [0.25, 0.3) is 0 Å². The Balaban J connectivity index is 1.66. The molecule has 1 heterocycles. The maximum absolute atomic E-state index is 4.77. The SMILES string of the molecule is C1N=NC2(S1)C1C3CC4C5C(C3)C2C5C41. The lowest BCUT2D eigenvalue weighted by molar-refractivity contribution is -0.184. The molecule has 2 nitrogen and oxygen atoms in total. The first-order chi connectivity index (χ1) is 7.42. The molecule has 1 spiro atoms. The van der Waals surface area contributed by atoms with Crippen LogP contribution < -0.4 is 0 Å². The highest BCUT2D eigenvalue weighted by Crippen LogP contribution is 2.88. The molecule has 0 aromatic heterocycles. The van der Waals surface area contributed by atoms with Gasteiger partial charge in [0.1, 0.15) is 10.7 Å². The number of hydrogen-bond donors (Lipinski definition) is 0. The van der Waals surface area contributed by atoms with E-state index in [2.05, 4.69) is 16.9 Å². The Labute approximate surface area is 93.3 Å². The van der Waals surface area contributed by atoms with Crippen LogP contribution in [0.15, 0.2) is 10.2 Å². The van der Waals surface area contributed by atoms with Crippen LogP contribution in [0.4, 0.5) is 0 Å². The predicted octanol–water partition coefficient (Wildman–Crippen LogP) is 2.62. The lowest BCUT2D eigenvalue weighted by atomic mass is 9.39. The molecule has 6 fully saturated rings. The molecule has 7 aliphatic rings. The Morgan fingerprint density at radius 1 is 1.00 bits per heavy atom. The zero-order valence-electron chi connectivity index (χ0n) is 8.54. The van der Waals surface area contributed by atoms with Crippen LogP contribution in [0.3, 0.4) is 0 Å². The molecule has 9 unspecified atom stereocenters. The molecule has 0 radical (unpaired) electrons. The maximum Gasteiger partial charge on any atom is 0.135 e. The van der Waals surface area contributed by atoms with E-state index in [9.17, 15) is 0 Å². The number of hydrogen-bond acceptors (Lipinski definition) is 3. The van der Waals surface area contributed by atoms with Crippen molar-refractivity contribution in [3.05, 3.63) is 0 Å².